The van der Waals surface area contributed by atoms with Crippen molar-refractivity contribution in [3.05, 3.63) is 54.1 Å². The zero-order chi connectivity index (χ0) is 25.8. The van der Waals surface area contributed by atoms with Gasteiger partial charge in [0.1, 0.15) is 17.2 Å². The van der Waals surface area contributed by atoms with E-state index in [2.05, 4.69) is 20.8 Å². The van der Waals surface area contributed by atoms with Gasteiger partial charge in [0.25, 0.3) is 0 Å². The molecule has 2 aromatic rings. The molecule has 0 aliphatic carbocycles. The number of hydrogen-bond acceptors (Lipinski definition) is 4. The molecule has 0 fully saturated rings. The minimum Gasteiger partial charge on any atom is -0.494 e. The van der Waals surface area contributed by atoms with Gasteiger partial charge >= 0.3 is 5.97 Å². The van der Waals surface area contributed by atoms with Crippen LogP contribution in [0, 0.1) is 5.92 Å². The molecule has 1 unspecified atom stereocenters. The number of benzene rings is 2. The number of rotatable bonds is 20. The maximum Gasteiger partial charge on any atom is 0.343 e. The van der Waals surface area contributed by atoms with E-state index in [0.29, 0.717) is 24.5 Å². The van der Waals surface area contributed by atoms with Crippen LogP contribution in [0.25, 0.3) is 0 Å². The minimum absolute atomic E-state index is 0.376. The molecular weight excluding hydrogens is 448 g/mol. The Kier molecular flexibility index (Phi) is 15.5. The van der Waals surface area contributed by atoms with Gasteiger partial charge < -0.3 is 14.2 Å². The Balaban J connectivity index is 1.60. The summed E-state index contributed by atoms with van der Waals surface area (Å²) >= 11 is 0. The largest absolute Gasteiger partial charge is 0.494 e. The Morgan fingerprint density at radius 2 is 1.11 bits per heavy atom. The smallest absolute Gasteiger partial charge is 0.343 e. The normalized spacial score (nSPS) is 11.8. The van der Waals surface area contributed by atoms with Crippen molar-refractivity contribution in [1.82, 2.24) is 0 Å². The molecule has 1 atom stereocenters. The van der Waals surface area contributed by atoms with Crippen LogP contribution >= 0.6 is 0 Å². The highest BCUT2D eigenvalue weighted by Gasteiger charge is 2.09. The van der Waals surface area contributed by atoms with E-state index >= 15 is 0 Å². The van der Waals surface area contributed by atoms with Crippen molar-refractivity contribution in [1.29, 1.82) is 0 Å². The quantitative estimate of drug-likeness (QED) is 0.104. The molecule has 0 spiro atoms. The second-order valence-electron chi connectivity index (χ2n) is 9.92. The predicted octanol–water partition coefficient (Wildman–Crippen LogP) is 9.41. The van der Waals surface area contributed by atoms with Gasteiger partial charge in [0.05, 0.1) is 18.8 Å². The summed E-state index contributed by atoms with van der Waals surface area (Å²) in [7, 11) is 0. The SMILES string of the molecule is CCCCCCCCCCCOc1ccc(C(=O)Oc2ccc(OCCCCC(C)CC)cc2)cc1. The molecular formula is C32H48O4. The van der Waals surface area contributed by atoms with E-state index < -0.39 is 0 Å². The van der Waals surface area contributed by atoms with E-state index in [-0.39, 0.29) is 5.97 Å². The molecule has 36 heavy (non-hydrogen) atoms. The third-order valence-corrected chi connectivity index (χ3v) is 6.70. The van der Waals surface area contributed by atoms with E-state index in [1.54, 1.807) is 24.3 Å². The number of esters is 1. The fourth-order valence-electron chi connectivity index (χ4n) is 4.05. The van der Waals surface area contributed by atoms with Crippen LogP contribution in [0.1, 0.15) is 115 Å². The molecule has 200 valence electrons. The molecule has 0 saturated heterocycles. The fourth-order valence-corrected chi connectivity index (χ4v) is 4.05. The van der Waals surface area contributed by atoms with Crippen molar-refractivity contribution >= 4 is 5.97 Å². The first kappa shape index (κ1) is 29.7. The lowest BCUT2D eigenvalue weighted by Gasteiger charge is -2.10. The number of unbranched alkanes of at least 4 members (excludes halogenated alkanes) is 9. The number of carbonyl (C=O) groups excluding carboxylic acids is 1. The van der Waals surface area contributed by atoms with E-state index in [1.807, 2.05) is 24.3 Å². The van der Waals surface area contributed by atoms with Crippen LogP contribution < -0.4 is 14.2 Å². The number of ether oxygens (including phenoxy) is 3. The first-order valence-corrected chi connectivity index (χ1v) is 14.3. The number of hydrogen-bond donors (Lipinski definition) is 0. The lowest BCUT2D eigenvalue weighted by molar-refractivity contribution is 0.0734. The monoisotopic (exact) mass is 496 g/mol. The highest BCUT2D eigenvalue weighted by molar-refractivity contribution is 5.91. The van der Waals surface area contributed by atoms with Gasteiger partial charge in [-0.1, -0.05) is 85.0 Å². The summed E-state index contributed by atoms with van der Waals surface area (Å²) in [6.45, 7) is 8.21. The second kappa shape index (κ2) is 18.7. The maximum absolute atomic E-state index is 12.5. The average Bonchev–Trinajstić information content (AvgIpc) is 2.90. The Morgan fingerprint density at radius 1 is 0.639 bits per heavy atom. The Hall–Kier alpha value is -2.49. The maximum atomic E-state index is 12.5. The third kappa shape index (κ3) is 13.0. The molecule has 0 bridgehead atoms. The van der Waals surface area contributed by atoms with Gasteiger partial charge in [-0.15, -0.1) is 0 Å². The van der Waals surface area contributed by atoms with Crippen LogP contribution in [0.2, 0.25) is 0 Å². The molecule has 4 heteroatoms. The van der Waals surface area contributed by atoms with Gasteiger partial charge in [0.2, 0.25) is 0 Å². The van der Waals surface area contributed by atoms with Crippen molar-refractivity contribution in [2.75, 3.05) is 13.2 Å². The van der Waals surface area contributed by atoms with Crippen molar-refractivity contribution in [3.8, 4) is 17.2 Å². The molecule has 2 aromatic carbocycles. The van der Waals surface area contributed by atoms with Gasteiger partial charge in [0, 0.05) is 0 Å². The molecule has 0 heterocycles. The van der Waals surface area contributed by atoms with Crippen molar-refractivity contribution in [3.63, 3.8) is 0 Å². The summed E-state index contributed by atoms with van der Waals surface area (Å²) in [5, 5.41) is 0. The predicted molar refractivity (Wildman–Crippen MR) is 149 cm³/mol. The number of carbonyl (C=O) groups is 1. The van der Waals surface area contributed by atoms with Crippen LogP contribution in [0.5, 0.6) is 17.2 Å². The van der Waals surface area contributed by atoms with Gasteiger partial charge in [0.15, 0.2) is 0 Å². The summed E-state index contributed by atoms with van der Waals surface area (Å²) < 4.78 is 17.1. The first-order valence-electron chi connectivity index (χ1n) is 14.3. The summed E-state index contributed by atoms with van der Waals surface area (Å²) in [6, 6.07) is 14.4. The van der Waals surface area contributed by atoms with E-state index in [4.69, 9.17) is 14.2 Å². The highest BCUT2D eigenvalue weighted by atomic mass is 16.5. The molecule has 0 aliphatic rings. The van der Waals surface area contributed by atoms with Crippen molar-refractivity contribution < 1.29 is 19.0 Å². The Bertz CT molecular complexity index is 813. The van der Waals surface area contributed by atoms with Gasteiger partial charge in [-0.05, 0) is 73.7 Å². The average molecular weight is 497 g/mol. The molecule has 2 rings (SSSR count). The Labute approximate surface area is 219 Å². The standard InChI is InChI=1S/C32H48O4/c1-4-6-7-8-9-10-11-12-14-25-34-29-19-17-28(18-20-29)32(33)36-31-23-21-30(22-24-31)35-26-15-13-16-27(3)5-2/h17-24,27H,4-16,25-26H2,1-3H3. The first-order chi connectivity index (χ1) is 17.6. The minimum atomic E-state index is -0.376. The van der Waals surface area contributed by atoms with Crippen LogP contribution in [0.15, 0.2) is 48.5 Å². The van der Waals surface area contributed by atoms with Crippen molar-refractivity contribution in [2.45, 2.75) is 104 Å². The molecule has 0 aliphatic heterocycles. The van der Waals surface area contributed by atoms with E-state index in [9.17, 15) is 4.79 Å². The summed E-state index contributed by atoms with van der Waals surface area (Å²) in [5.41, 5.74) is 0.507. The van der Waals surface area contributed by atoms with Gasteiger partial charge in [-0.2, -0.15) is 0 Å². The zero-order valence-electron chi connectivity index (χ0n) is 22.9. The van der Waals surface area contributed by atoms with Crippen molar-refractivity contribution in [2.24, 2.45) is 5.92 Å². The molecule has 4 nitrogen and oxygen atoms in total. The molecule has 0 radical (unpaired) electrons. The summed E-state index contributed by atoms with van der Waals surface area (Å²) in [5.74, 6) is 2.50. The zero-order valence-corrected chi connectivity index (χ0v) is 22.9. The van der Waals surface area contributed by atoms with Crippen LogP contribution in [0.3, 0.4) is 0 Å². The third-order valence-electron chi connectivity index (χ3n) is 6.70. The Morgan fingerprint density at radius 3 is 1.67 bits per heavy atom. The van der Waals surface area contributed by atoms with Crippen LogP contribution in [-0.4, -0.2) is 19.2 Å². The summed E-state index contributed by atoms with van der Waals surface area (Å²) in [4.78, 5) is 12.5. The molecule has 0 saturated carbocycles. The fraction of sp³-hybridized carbons (Fsp3) is 0.594. The molecule has 0 aromatic heterocycles. The summed E-state index contributed by atoms with van der Waals surface area (Å²) in [6.07, 6.45) is 16.4. The van der Waals surface area contributed by atoms with Crippen LogP contribution in [0.4, 0.5) is 0 Å². The van der Waals surface area contributed by atoms with Crippen LogP contribution in [-0.2, 0) is 0 Å². The topological polar surface area (TPSA) is 44.8 Å². The molecule has 0 N–H and O–H groups in total. The highest BCUT2D eigenvalue weighted by Crippen LogP contribution is 2.21. The van der Waals surface area contributed by atoms with Gasteiger partial charge in [-0.25, -0.2) is 4.79 Å². The lowest BCUT2D eigenvalue weighted by atomic mass is 10.0. The van der Waals surface area contributed by atoms with E-state index in [0.717, 1.165) is 30.3 Å². The van der Waals surface area contributed by atoms with E-state index in [1.165, 1.54) is 70.6 Å². The lowest BCUT2D eigenvalue weighted by Crippen LogP contribution is -2.08. The second-order valence-corrected chi connectivity index (χ2v) is 9.92. The van der Waals surface area contributed by atoms with Gasteiger partial charge in [-0.3, -0.25) is 0 Å². The molecule has 0 amide bonds.